The van der Waals surface area contributed by atoms with E-state index in [-0.39, 0.29) is 40.4 Å². The van der Waals surface area contributed by atoms with E-state index in [1.165, 1.54) is 18.2 Å². The Kier molecular flexibility index (Phi) is 7.01. The summed E-state index contributed by atoms with van der Waals surface area (Å²) in [4.78, 5) is 19.8. The number of aryl methyl sites for hydroxylation is 2. The third kappa shape index (κ3) is 6.00. The summed E-state index contributed by atoms with van der Waals surface area (Å²) in [5.41, 5.74) is 9.65. The van der Waals surface area contributed by atoms with Crippen LogP contribution in [0.3, 0.4) is 0 Å². The monoisotopic (exact) mass is 510 g/mol. The maximum absolute atomic E-state index is 13.1. The van der Waals surface area contributed by atoms with Crippen molar-refractivity contribution in [2.24, 2.45) is 11.1 Å². The number of carbonyl (C=O) groups is 1. The maximum Gasteiger partial charge on any atom is 0.335 e. The van der Waals surface area contributed by atoms with Crippen molar-refractivity contribution in [3.8, 4) is 17.1 Å². The van der Waals surface area contributed by atoms with E-state index in [9.17, 15) is 18.3 Å². The van der Waals surface area contributed by atoms with Gasteiger partial charge in [0.2, 0.25) is 11.8 Å². The Hall–Kier alpha value is -3.50. The summed E-state index contributed by atoms with van der Waals surface area (Å²) in [5.74, 6) is -1.22. The number of hydrogen-bond donors (Lipinski definition) is 3. The van der Waals surface area contributed by atoms with Crippen LogP contribution in [0.2, 0.25) is 0 Å². The van der Waals surface area contributed by atoms with Gasteiger partial charge in [0.1, 0.15) is 6.61 Å². The first-order chi connectivity index (χ1) is 17.0. The number of aromatic nitrogens is 2. The fraction of sp³-hybridized carbons (Fsp3) is 0.346. The highest BCUT2D eigenvalue weighted by atomic mass is 32.2. The second kappa shape index (κ2) is 9.87. The highest BCUT2D eigenvalue weighted by molar-refractivity contribution is 7.92. The zero-order valence-electron chi connectivity index (χ0n) is 20.5. The lowest BCUT2D eigenvalue weighted by atomic mass is 10.00. The van der Waals surface area contributed by atoms with E-state index in [2.05, 4.69) is 21.6 Å². The molecule has 1 atom stereocenters. The lowest BCUT2D eigenvalue weighted by Gasteiger charge is -2.18. The lowest BCUT2D eigenvalue weighted by molar-refractivity contribution is 0.0696. The second-order valence-electron chi connectivity index (χ2n) is 9.71. The number of benzene rings is 2. The number of sulfonamides is 1. The SMILES string of the molecule is Cc1cccc(C)c1-c1cc(OCC(N)CC2(C)CC2)nc(NS(=O)(=O)c2cccc(C(=O)O)c2)n1. The Morgan fingerprint density at radius 1 is 1.14 bits per heavy atom. The van der Waals surface area contributed by atoms with Crippen molar-refractivity contribution in [2.75, 3.05) is 11.3 Å². The van der Waals surface area contributed by atoms with Crippen LogP contribution in [0.4, 0.5) is 5.95 Å². The molecule has 0 amide bonds. The molecule has 4 N–H and O–H groups in total. The predicted molar refractivity (Wildman–Crippen MR) is 137 cm³/mol. The molecule has 1 aliphatic rings. The van der Waals surface area contributed by atoms with Crippen LogP contribution in [0, 0.1) is 19.3 Å². The van der Waals surface area contributed by atoms with Gasteiger partial charge in [-0.25, -0.2) is 22.9 Å². The molecule has 36 heavy (non-hydrogen) atoms. The molecule has 0 saturated heterocycles. The van der Waals surface area contributed by atoms with Crippen molar-refractivity contribution >= 4 is 21.9 Å². The Morgan fingerprint density at radius 3 is 2.44 bits per heavy atom. The molecule has 1 aromatic heterocycles. The van der Waals surface area contributed by atoms with Gasteiger partial charge in [0.15, 0.2) is 0 Å². The van der Waals surface area contributed by atoms with Crippen LogP contribution >= 0.6 is 0 Å². The van der Waals surface area contributed by atoms with Crippen molar-refractivity contribution in [3.05, 3.63) is 65.2 Å². The molecule has 2 aromatic carbocycles. The number of nitrogens with zero attached hydrogens (tertiary/aromatic N) is 2. The number of aromatic carboxylic acids is 1. The molecular formula is C26H30N4O5S. The molecule has 1 saturated carbocycles. The molecular weight excluding hydrogens is 480 g/mol. The minimum atomic E-state index is -4.17. The maximum atomic E-state index is 13.1. The molecule has 1 aliphatic carbocycles. The molecule has 10 heteroatoms. The minimum absolute atomic E-state index is 0.148. The van der Waals surface area contributed by atoms with Gasteiger partial charge in [-0.05, 0) is 67.9 Å². The first-order valence-electron chi connectivity index (χ1n) is 11.7. The van der Waals surface area contributed by atoms with Gasteiger partial charge in [0, 0.05) is 17.7 Å². The minimum Gasteiger partial charge on any atom is -0.478 e. The average molecular weight is 511 g/mol. The van der Waals surface area contributed by atoms with Gasteiger partial charge in [-0.1, -0.05) is 31.2 Å². The van der Waals surface area contributed by atoms with E-state index in [1.54, 1.807) is 6.07 Å². The molecule has 1 fully saturated rings. The van der Waals surface area contributed by atoms with Crippen molar-refractivity contribution in [1.82, 2.24) is 9.97 Å². The Bertz CT molecular complexity index is 1380. The van der Waals surface area contributed by atoms with Crippen molar-refractivity contribution in [2.45, 2.75) is 51.0 Å². The fourth-order valence-electron chi connectivity index (χ4n) is 4.17. The van der Waals surface area contributed by atoms with Gasteiger partial charge in [-0.3, -0.25) is 0 Å². The van der Waals surface area contributed by atoms with Crippen molar-refractivity contribution in [3.63, 3.8) is 0 Å². The van der Waals surface area contributed by atoms with E-state index in [0.29, 0.717) is 5.69 Å². The summed E-state index contributed by atoms with van der Waals surface area (Å²) in [7, 11) is -4.17. The van der Waals surface area contributed by atoms with E-state index in [0.717, 1.165) is 42.0 Å². The molecule has 1 unspecified atom stereocenters. The summed E-state index contributed by atoms with van der Waals surface area (Å²) in [6.07, 6.45) is 3.14. The smallest absolute Gasteiger partial charge is 0.335 e. The lowest BCUT2D eigenvalue weighted by Crippen LogP contribution is -2.30. The molecule has 9 nitrogen and oxygen atoms in total. The van der Waals surface area contributed by atoms with Crippen LogP contribution in [0.25, 0.3) is 11.3 Å². The number of ether oxygens (including phenoxy) is 1. The first-order valence-corrected chi connectivity index (χ1v) is 13.1. The average Bonchev–Trinajstić information content (AvgIpc) is 3.53. The number of nitrogens with two attached hydrogens (primary N) is 1. The third-order valence-corrected chi connectivity index (χ3v) is 7.69. The van der Waals surface area contributed by atoms with Crippen LogP contribution in [0.15, 0.2) is 53.4 Å². The zero-order valence-corrected chi connectivity index (χ0v) is 21.3. The Morgan fingerprint density at radius 2 is 1.81 bits per heavy atom. The molecule has 0 aliphatic heterocycles. The van der Waals surface area contributed by atoms with Gasteiger partial charge < -0.3 is 15.6 Å². The number of carboxylic acids is 1. The van der Waals surface area contributed by atoms with Crippen LogP contribution < -0.4 is 15.2 Å². The predicted octanol–water partition coefficient (Wildman–Crippen LogP) is 4.16. The molecule has 0 spiro atoms. The van der Waals surface area contributed by atoms with Crippen LogP contribution in [-0.2, 0) is 10.0 Å². The van der Waals surface area contributed by atoms with Crippen LogP contribution in [0.1, 0.15) is 47.7 Å². The van der Waals surface area contributed by atoms with Gasteiger partial charge >= 0.3 is 5.97 Å². The summed E-state index contributed by atoms with van der Waals surface area (Å²) >= 11 is 0. The quantitative estimate of drug-likeness (QED) is 0.369. The molecule has 0 bridgehead atoms. The molecule has 0 radical (unpaired) electrons. The van der Waals surface area contributed by atoms with Crippen LogP contribution in [-0.4, -0.2) is 42.1 Å². The topological polar surface area (TPSA) is 144 Å². The fourth-order valence-corrected chi connectivity index (χ4v) is 5.16. The van der Waals surface area contributed by atoms with Crippen LogP contribution in [0.5, 0.6) is 5.88 Å². The highest BCUT2D eigenvalue weighted by Crippen LogP contribution is 2.48. The van der Waals surface area contributed by atoms with Crippen molar-refractivity contribution < 1.29 is 23.1 Å². The van der Waals surface area contributed by atoms with Gasteiger partial charge in [-0.2, -0.15) is 4.98 Å². The second-order valence-corrected chi connectivity index (χ2v) is 11.4. The normalized spacial score (nSPS) is 15.2. The van der Waals surface area contributed by atoms with E-state index < -0.39 is 16.0 Å². The molecule has 3 aromatic rings. The molecule has 190 valence electrons. The number of rotatable bonds is 10. The third-order valence-electron chi connectivity index (χ3n) is 6.36. The number of anilines is 1. The van der Waals surface area contributed by atoms with Crippen molar-refractivity contribution in [1.29, 1.82) is 0 Å². The Labute approximate surface area is 210 Å². The number of nitrogens with one attached hydrogen (secondary N) is 1. The van der Waals surface area contributed by atoms with Gasteiger partial charge in [0.05, 0.1) is 16.2 Å². The summed E-state index contributed by atoms with van der Waals surface area (Å²) < 4.78 is 34.4. The van der Waals surface area contributed by atoms with E-state index in [1.807, 2.05) is 32.0 Å². The number of carboxylic acid groups (broad SMARTS) is 1. The Balaban J connectivity index is 1.67. The van der Waals surface area contributed by atoms with Gasteiger partial charge in [-0.15, -0.1) is 0 Å². The number of hydrogen-bond acceptors (Lipinski definition) is 7. The standard InChI is InChI=1S/C26H30N4O5S/c1-16-6-4-7-17(2)23(16)21-13-22(35-15-19(27)14-26(3)10-11-26)29-25(28-21)30-36(33,34)20-9-5-8-18(12-20)24(31)32/h4-9,12-13,19H,10-11,14-15,27H2,1-3H3,(H,31,32)(H,28,29,30). The van der Waals surface area contributed by atoms with E-state index >= 15 is 0 Å². The summed E-state index contributed by atoms with van der Waals surface area (Å²) in [6, 6.07) is 12.4. The molecule has 1 heterocycles. The highest BCUT2D eigenvalue weighted by Gasteiger charge is 2.38. The van der Waals surface area contributed by atoms with E-state index in [4.69, 9.17) is 10.5 Å². The zero-order chi connectivity index (χ0) is 26.1. The summed E-state index contributed by atoms with van der Waals surface area (Å²) in [6.45, 7) is 6.31. The van der Waals surface area contributed by atoms with Gasteiger partial charge in [0.25, 0.3) is 10.0 Å². The largest absolute Gasteiger partial charge is 0.478 e. The summed E-state index contributed by atoms with van der Waals surface area (Å²) in [5, 5.41) is 9.23. The first kappa shape index (κ1) is 25.6. The molecule has 4 rings (SSSR count).